The van der Waals surface area contributed by atoms with Gasteiger partial charge >= 0.3 is 0 Å². The molecule has 106 valence electrons. The van der Waals surface area contributed by atoms with Crippen molar-refractivity contribution in [1.82, 2.24) is 19.6 Å². The van der Waals surface area contributed by atoms with Crippen molar-refractivity contribution < 1.29 is 8.42 Å². The SMILES string of the molecule is O=S(=O)(C=Cc1ccccc1)Nc1nc2ncccn2n1. The Morgan fingerprint density at radius 2 is 1.95 bits per heavy atom. The highest BCUT2D eigenvalue weighted by Crippen LogP contribution is 2.07. The third-order valence-corrected chi connectivity index (χ3v) is 3.55. The number of benzene rings is 1. The Morgan fingerprint density at radius 1 is 1.14 bits per heavy atom. The minimum absolute atomic E-state index is 0.0218. The van der Waals surface area contributed by atoms with Crippen molar-refractivity contribution in [3.05, 3.63) is 59.8 Å². The Labute approximate surface area is 121 Å². The van der Waals surface area contributed by atoms with Gasteiger partial charge in [-0.15, -0.1) is 5.10 Å². The summed E-state index contributed by atoms with van der Waals surface area (Å²) in [5.74, 6) is 0.300. The molecular weight excluding hydrogens is 290 g/mol. The molecule has 8 heteroatoms. The summed E-state index contributed by atoms with van der Waals surface area (Å²) in [5, 5.41) is 5.04. The lowest BCUT2D eigenvalue weighted by Gasteiger charge is -1.98. The number of fused-ring (bicyclic) bond motifs is 1. The molecule has 0 fully saturated rings. The average Bonchev–Trinajstić information content (AvgIpc) is 2.87. The van der Waals surface area contributed by atoms with Crippen LogP contribution in [-0.2, 0) is 10.0 Å². The van der Waals surface area contributed by atoms with E-state index in [0.717, 1.165) is 11.0 Å². The third-order valence-electron chi connectivity index (χ3n) is 2.59. The van der Waals surface area contributed by atoms with Crippen molar-refractivity contribution in [2.24, 2.45) is 0 Å². The quantitative estimate of drug-likeness (QED) is 0.789. The van der Waals surface area contributed by atoms with Crippen molar-refractivity contribution in [2.45, 2.75) is 0 Å². The maximum atomic E-state index is 11.9. The second kappa shape index (κ2) is 5.33. The molecule has 3 rings (SSSR count). The van der Waals surface area contributed by atoms with Crippen LogP contribution in [0.25, 0.3) is 11.9 Å². The van der Waals surface area contributed by atoms with E-state index in [2.05, 4.69) is 19.8 Å². The lowest BCUT2D eigenvalue weighted by atomic mass is 10.2. The summed E-state index contributed by atoms with van der Waals surface area (Å²) < 4.78 is 27.6. The summed E-state index contributed by atoms with van der Waals surface area (Å²) in [6.45, 7) is 0. The van der Waals surface area contributed by atoms with Crippen LogP contribution < -0.4 is 4.72 Å². The van der Waals surface area contributed by atoms with Crippen LogP contribution >= 0.6 is 0 Å². The highest BCUT2D eigenvalue weighted by molar-refractivity contribution is 7.95. The lowest BCUT2D eigenvalue weighted by molar-refractivity contribution is 0.609. The Hall–Kier alpha value is -2.74. The largest absolute Gasteiger partial charge is 0.258 e. The summed E-state index contributed by atoms with van der Waals surface area (Å²) >= 11 is 0. The third kappa shape index (κ3) is 3.23. The van der Waals surface area contributed by atoms with Gasteiger partial charge < -0.3 is 0 Å². The molecule has 0 aliphatic carbocycles. The van der Waals surface area contributed by atoms with Gasteiger partial charge in [-0.3, -0.25) is 0 Å². The lowest BCUT2D eigenvalue weighted by Crippen LogP contribution is -2.10. The van der Waals surface area contributed by atoms with Gasteiger partial charge in [0.1, 0.15) is 0 Å². The molecule has 2 heterocycles. The second-order valence-electron chi connectivity index (χ2n) is 4.16. The van der Waals surface area contributed by atoms with Crippen molar-refractivity contribution in [3.8, 4) is 0 Å². The Morgan fingerprint density at radius 3 is 2.71 bits per heavy atom. The van der Waals surface area contributed by atoms with Gasteiger partial charge in [-0.2, -0.15) is 4.98 Å². The van der Waals surface area contributed by atoms with E-state index in [1.165, 1.54) is 10.6 Å². The molecule has 1 N–H and O–H groups in total. The van der Waals surface area contributed by atoms with Crippen LogP contribution in [0.3, 0.4) is 0 Å². The first-order chi connectivity index (χ1) is 10.1. The molecular formula is C13H11N5O2S. The van der Waals surface area contributed by atoms with E-state index in [1.54, 1.807) is 30.6 Å². The number of anilines is 1. The number of sulfonamides is 1. The molecule has 0 spiro atoms. The number of hydrogen-bond donors (Lipinski definition) is 1. The standard InChI is InChI=1S/C13H11N5O2S/c19-21(20,10-7-11-5-2-1-3-6-11)17-12-15-13-14-8-4-9-18(13)16-12/h1-10H,(H,16,17). The predicted octanol–water partition coefficient (Wildman–Crippen LogP) is 1.54. The Kier molecular flexibility index (Phi) is 3.36. The molecule has 0 aliphatic heterocycles. The van der Waals surface area contributed by atoms with Gasteiger partial charge in [-0.25, -0.2) is 22.6 Å². The zero-order valence-corrected chi connectivity index (χ0v) is 11.6. The van der Waals surface area contributed by atoms with Crippen LogP contribution in [0.15, 0.2) is 54.2 Å². The predicted molar refractivity (Wildman–Crippen MR) is 78.8 cm³/mol. The van der Waals surface area contributed by atoms with Crippen molar-refractivity contribution >= 4 is 27.8 Å². The number of aromatic nitrogens is 4. The number of nitrogens with one attached hydrogen (secondary N) is 1. The minimum Gasteiger partial charge on any atom is -0.246 e. The molecule has 3 aromatic rings. The smallest absolute Gasteiger partial charge is 0.246 e. The minimum atomic E-state index is -3.68. The molecule has 0 unspecified atom stereocenters. The zero-order valence-electron chi connectivity index (χ0n) is 10.8. The average molecular weight is 301 g/mol. The van der Waals surface area contributed by atoms with Crippen LogP contribution in [0.1, 0.15) is 5.56 Å². The van der Waals surface area contributed by atoms with Crippen molar-refractivity contribution in [1.29, 1.82) is 0 Å². The van der Waals surface area contributed by atoms with Crippen molar-refractivity contribution in [3.63, 3.8) is 0 Å². The molecule has 0 saturated heterocycles. The molecule has 0 radical (unpaired) electrons. The summed E-state index contributed by atoms with van der Waals surface area (Å²) in [6.07, 6.45) is 4.68. The monoisotopic (exact) mass is 301 g/mol. The Bertz CT molecular complexity index is 854. The topological polar surface area (TPSA) is 89.2 Å². The highest BCUT2D eigenvalue weighted by Gasteiger charge is 2.10. The second-order valence-corrected chi connectivity index (χ2v) is 5.73. The van der Waals surface area contributed by atoms with Crippen LogP contribution in [-0.4, -0.2) is 28.0 Å². The van der Waals surface area contributed by atoms with Crippen LogP contribution in [0.5, 0.6) is 0 Å². The first kappa shape index (κ1) is 13.3. The molecule has 7 nitrogen and oxygen atoms in total. The van der Waals surface area contributed by atoms with Gasteiger partial charge in [0.15, 0.2) is 0 Å². The fourth-order valence-electron chi connectivity index (χ4n) is 1.67. The van der Waals surface area contributed by atoms with Gasteiger partial charge in [0.2, 0.25) is 0 Å². The summed E-state index contributed by atoms with van der Waals surface area (Å²) in [7, 11) is -3.68. The normalized spacial score (nSPS) is 12.0. The van der Waals surface area contributed by atoms with Gasteiger partial charge in [0.25, 0.3) is 21.7 Å². The van der Waals surface area contributed by atoms with E-state index in [-0.39, 0.29) is 5.95 Å². The first-order valence-electron chi connectivity index (χ1n) is 6.06. The van der Waals surface area contributed by atoms with E-state index in [4.69, 9.17) is 0 Å². The number of rotatable bonds is 4. The van der Waals surface area contributed by atoms with Gasteiger partial charge in [-0.05, 0) is 17.7 Å². The first-order valence-corrected chi connectivity index (χ1v) is 7.60. The van der Waals surface area contributed by atoms with Crippen LogP contribution in [0.2, 0.25) is 0 Å². The molecule has 2 aromatic heterocycles. The molecule has 0 bridgehead atoms. The highest BCUT2D eigenvalue weighted by atomic mass is 32.2. The molecule has 0 amide bonds. The zero-order chi connectivity index (χ0) is 14.7. The van der Waals surface area contributed by atoms with E-state index in [0.29, 0.717) is 5.78 Å². The summed E-state index contributed by atoms with van der Waals surface area (Å²) in [5.41, 5.74) is 0.785. The number of nitrogens with zero attached hydrogens (tertiary/aromatic N) is 4. The summed E-state index contributed by atoms with van der Waals surface area (Å²) in [6, 6.07) is 10.8. The van der Waals surface area contributed by atoms with E-state index < -0.39 is 10.0 Å². The maximum absolute atomic E-state index is 11.9. The Balaban J connectivity index is 1.81. The van der Waals surface area contributed by atoms with E-state index in [1.807, 2.05) is 18.2 Å². The fourth-order valence-corrected chi connectivity index (χ4v) is 2.41. The van der Waals surface area contributed by atoms with Gasteiger partial charge in [0, 0.05) is 12.4 Å². The molecule has 0 aliphatic rings. The molecule has 21 heavy (non-hydrogen) atoms. The van der Waals surface area contributed by atoms with E-state index >= 15 is 0 Å². The van der Waals surface area contributed by atoms with Crippen LogP contribution in [0, 0.1) is 0 Å². The number of hydrogen-bond acceptors (Lipinski definition) is 5. The van der Waals surface area contributed by atoms with Crippen molar-refractivity contribution in [2.75, 3.05) is 4.72 Å². The van der Waals surface area contributed by atoms with E-state index in [9.17, 15) is 8.42 Å². The summed E-state index contributed by atoms with van der Waals surface area (Å²) in [4.78, 5) is 7.93. The maximum Gasteiger partial charge on any atom is 0.258 e. The fraction of sp³-hybridized carbons (Fsp3) is 0. The van der Waals surface area contributed by atoms with Crippen LogP contribution in [0.4, 0.5) is 5.95 Å². The molecule has 0 saturated carbocycles. The molecule has 0 atom stereocenters. The van der Waals surface area contributed by atoms with Gasteiger partial charge in [-0.1, -0.05) is 30.3 Å². The molecule has 1 aromatic carbocycles. The van der Waals surface area contributed by atoms with Gasteiger partial charge in [0.05, 0.1) is 5.41 Å².